The molecule has 0 aromatic carbocycles. The molecule has 19 heteroatoms. The summed E-state index contributed by atoms with van der Waals surface area (Å²) in [6.45, 7) is 14.1. The van der Waals surface area contributed by atoms with Crippen molar-refractivity contribution in [2.24, 2.45) is 23.7 Å². The van der Waals surface area contributed by atoms with Gasteiger partial charge in [0, 0.05) is 25.7 Å². The number of phosphoric acid groups is 2. The van der Waals surface area contributed by atoms with Crippen LogP contribution in [0.5, 0.6) is 0 Å². The molecule has 3 N–H and O–H groups in total. The summed E-state index contributed by atoms with van der Waals surface area (Å²) in [4.78, 5) is 72.7. The van der Waals surface area contributed by atoms with Crippen LogP contribution < -0.4 is 0 Å². The molecule has 0 aliphatic carbocycles. The molecule has 0 bridgehead atoms. The fourth-order valence-electron chi connectivity index (χ4n) is 11.5. The molecule has 0 aromatic heterocycles. The summed E-state index contributed by atoms with van der Waals surface area (Å²) in [5.41, 5.74) is 0. The second-order valence-electron chi connectivity index (χ2n) is 29.1. The van der Waals surface area contributed by atoms with Crippen LogP contribution in [0.25, 0.3) is 0 Å². The third kappa shape index (κ3) is 69.0. The maximum Gasteiger partial charge on any atom is 0.472 e. The Labute approximate surface area is 581 Å². The molecule has 0 fully saturated rings. The number of aliphatic hydroxyl groups is 1. The number of esters is 4. The van der Waals surface area contributed by atoms with E-state index < -0.39 is 97.5 Å². The van der Waals surface area contributed by atoms with Crippen molar-refractivity contribution < 1.29 is 80.2 Å². The van der Waals surface area contributed by atoms with E-state index in [9.17, 15) is 43.2 Å². The van der Waals surface area contributed by atoms with E-state index in [1.165, 1.54) is 186 Å². The van der Waals surface area contributed by atoms with Crippen molar-refractivity contribution in [3.05, 3.63) is 0 Å². The van der Waals surface area contributed by atoms with Crippen LogP contribution in [0.4, 0.5) is 0 Å². The van der Waals surface area contributed by atoms with Crippen LogP contribution in [0, 0.1) is 23.7 Å². The molecule has 564 valence electrons. The first-order chi connectivity index (χ1) is 45.6. The molecule has 0 amide bonds. The highest BCUT2D eigenvalue weighted by atomic mass is 31.2. The third-order valence-corrected chi connectivity index (χ3v) is 19.8. The molecular weight excluding hydrogens is 1250 g/mol. The molecule has 0 radical (unpaired) electrons. The van der Waals surface area contributed by atoms with Crippen molar-refractivity contribution in [1.82, 2.24) is 0 Å². The van der Waals surface area contributed by atoms with Crippen LogP contribution in [0.2, 0.25) is 0 Å². The zero-order valence-electron chi connectivity index (χ0n) is 62.3. The number of rotatable bonds is 73. The average Bonchev–Trinajstić information content (AvgIpc) is 3.57. The van der Waals surface area contributed by atoms with Crippen molar-refractivity contribution in [1.29, 1.82) is 0 Å². The first kappa shape index (κ1) is 93.1. The van der Waals surface area contributed by atoms with Gasteiger partial charge in [-0.05, 0) is 49.4 Å². The van der Waals surface area contributed by atoms with Gasteiger partial charge in [0.15, 0.2) is 12.2 Å². The Hall–Kier alpha value is -1.94. The molecular formula is C76H148O17P2. The highest BCUT2D eigenvalue weighted by molar-refractivity contribution is 7.47. The van der Waals surface area contributed by atoms with Gasteiger partial charge in [0.25, 0.3) is 0 Å². The van der Waals surface area contributed by atoms with Crippen LogP contribution in [0.3, 0.4) is 0 Å². The topological polar surface area (TPSA) is 237 Å². The lowest BCUT2D eigenvalue weighted by molar-refractivity contribution is -0.161. The molecule has 6 atom stereocenters. The molecule has 95 heavy (non-hydrogen) atoms. The van der Waals surface area contributed by atoms with Crippen LogP contribution in [-0.4, -0.2) is 96.7 Å². The van der Waals surface area contributed by atoms with Crippen molar-refractivity contribution in [2.75, 3.05) is 39.6 Å². The summed E-state index contributed by atoms with van der Waals surface area (Å²) in [7, 11) is -9.91. The smallest absolute Gasteiger partial charge is 0.462 e. The summed E-state index contributed by atoms with van der Waals surface area (Å²) in [6, 6.07) is 0. The number of carbonyl (C=O) groups excluding carboxylic acids is 4. The second kappa shape index (κ2) is 65.4. The minimum absolute atomic E-state index is 0.102. The minimum atomic E-state index is -4.96. The summed E-state index contributed by atoms with van der Waals surface area (Å²) < 4.78 is 68.4. The second-order valence-corrected chi connectivity index (χ2v) is 32.0. The zero-order chi connectivity index (χ0) is 70.3. The molecule has 4 unspecified atom stereocenters. The van der Waals surface area contributed by atoms with Gasteiger partial charge >= 0.3 is 39.5 Å². The summed E-state index contributed by atoms with van der Waals surface area (Å²) >= 11 is 0. The molecule has 0 rings (SSSR count). The van der Waals surface area contributed by atoms with Crippen LogP contribution in [-0.2, 0) is 65.4 Å². The highest BCUT2D eigenvalue weighted by Crippen LogP contribution is 2.45. The Morgan fingerprint density at radius 3 is 0.747 bits per heavy atom. The molecule has 0 aliphatic rings. The predicted octanol–water partition coefficient (Wildman–Crippen LogP) is 22.0. The zero-order valence-corrected chi connectivity index (χ0v) is 64.1. The number of phosphoric ester groups is 2. The monoisotopic (exact) mass is 1400 g/mol. The van der Waals surface area contributed by atoms with E-state index in [0.29, 0.717) is 25.7 Å². The number of aliphatic hydroxyl groups excluding tert-OH is 1. The Balaban J connectivity index is 5.18. The Bertz CT molecular complexity index is 1870. The minimum Gasteiger partial charge on any atom is -0.462 e. The fourth-order valence-corrected chi connectivity index (χ4v) is 13.1. The van der Waals surface area contributed by atoms with Gasteiger partial charge in [0.05, 0.1) is 26.4 Å². The van der Waals surface area contributed by atoms with Gasteiger partial charge in [-0.15, -0.1) is 0 Å². The third-order valence-electron chi connectivity index (χ3n) is 17.9. The van der Waals surface area contributed by atoms with Gasteiger partial charge in [-0.1, -0.05) is 331 Å². The van der Waals surface area contributed by atoms with E-state index in [4.69, 9.17) is 37.0 Å². The maximum absolute atomic E-state index is 13.1. The van der Waals surface area contributed by atoms with Gasteiger partial charge in [-0.25, -0.2) is 9.13 Å². The number of carbonyl (C=O) groups is 4. The van der Waals surface area contributed by atoms with Gasteiger partial charge in [-0.2, -0.15) is 0 Å². The number of hydrogen-bond donors (Lipinski definition) is 3. The number of ether oxygens (including phenoxy) is 4. The number of hydrogen-bond acceptors (Lipinski definition) is 15. The van der Waals surface area contributed by atoms with Crippen molar-refractivity contribution in [3.63, 3.8) is 0 Å². The molecule has 0 aromatic rings. The fraction of sp³-hybridized carbons (Fsp3) is 0.947. The Morgan fingerprint density at radius 2 is 0.505 bits per heavy atom. The van der Waals surface area contributed by atoms with E-state index in [1.54, 1.807) is 0 Å². The van der Waals surface area contributed by atoms with Crippen molar-refractivity contribution >= 4 is 39.5 Å². The van der Waals surface area contributed by atoms with Crippen molar-refractivity contribution in [2.45, 2.75) is 401 Å². The number of unbranched alkanes of at least 4 members (excludes halogenated alkanes) is 38. The van der Waals surface area contributed by atoms with Crippen molar-refractivity contribution in [3.8, 4) is 0 Å². The van der Waals surface area contributed by atoms with Gasteiger partial charge in [0.2, 0.25) is 0 Å². The first-order valence-electron chi connectivity index (χ1n) is 39.2. The summed E-state index contributed by atoms with van der Waals surface area (Å²) in [5.74, 6) is 0.896. The lowest BCUT2D eigenvalue weighted by atomic mass is 10.00. The van der Waals surface area contributed by atoms with Gasteiger partial charge in [0.1, 0.15) is 19.3 Å². The van der Waals surface area contributed by atoms with E-state index >= 15 is 0 Å². The van der Waals surface area contributed by atoms with E-state index in [-0.39, 0.29) is 25.7 Å². The van der Waals surface area contributed by atoms with E-state index in [2.05, 4.69) is 55.4 Å². The lowest BCUT2D eigenvalue weighted by Crippen LogP contribution is -2.30. The average molecular weight is 1400 g/mol. The van der Waals surface area contributed by atoms with Crippen LogP contribution in [0.1, 0.15) is 383 Å². The normalized spacial score (nSPS) is 14.4. The van der Waals surface area contributed by atoms with E-state index in [1.807, 2.05) is 0 Å². The molecule has 0 spiro atoms. The Morgan fingerprint density at radius 1 is 0.295 bits per heavy atom. The van der Waals surface area contributed by atoms with Gasteiger partial charge < -0.3 is 33.8 Å². The molecule has 0 heterocycles. The first-order valence-corrected chi connectivity index (χ1v) is 42.2. The van der Waals surface area contributed by atoms with Crippen LogP contribution in [0.15, 0.2) is 0 Å². The van der Waals surface area contributed by atoms with Crippen LogP contribution >= 0.6 is 15.6 Å². The quantitative estimate of drug-likeness (QED) is 0.0222. The predicted molar refractivity (Wildman–Crippen MR) is 386 cm³/mol. The molecule has 0 saturated heterocycles. The van der Waals surface area contributed by atoms with E-state index in [0.717, 1.165) is 114 Å². The summed E-state index contributed by atoms with van der Waals surface area (Å²) in [5, 5.41) is 10.6. The largest absolute Gasteiger partial charge is 0.472 e. The molecule has 0 saturated carbocycles. The SMILES string of the molecule is CCC(C)CCCCCCCCC(=O)O[C@H](COC(=O)CCCCCCCCCCC(C)C)COP(=O)(O)OCC(O)COP(=O)(O)OC[C@@H](COC(=O)CCCCCCCCCCCCCCCCCCCCC(C)C)OC(=O)CCCCCCCCCCCCC(C)C. The maximum atomic E-state index is 13.1. The highest BCUT2D eigenvalue weighted by Gasteiger charge is 2.30. The standard InChI is InChI=1S/C76H148O17P2/c1-9-69(8)55-47-39-34-35-43-51-59-76(81)93-72(63-87-74(79)57-49-41-32-27-26-30-38-46-54-68(6)7)65-91-95(84,85)89-61-70(77)60-88-94(82,83)90-64-71(92-75(80)58-50-42-33-25-21-20-23-29-37-45-53-67(4)5)62-86-73(78)56-48-40-31-24-19-17-15-13-11-10-12-14-16-18-22-28-36-44-52-66(2)3/h66-72,77H,9-65H2,1-8H3,(H,82,83)(H,84,85)/t69?,70?,71-,72-/m1/s1. The van der Waals surface area contributed by atoms with Gasteiger partial charge in [-0.3, -0.25) is 37.3 Å². The lowest BCUT2D eigenvalue weighted by Gasteiger charge is -2.21. The molecule has 0 aliphatic heterocycles. The summed E-state index contributed by atoms with van der Waals surface area (Å²) in [6.07, 6.45) is 50.2. The Kier molecular flexibility index (Phi) is 64.0. The molecule has 17 nitrogen and oxygen atoms in total.